The van der Waals surface area contributed by atoms with Gasteiger partial charge in [-0.25, -0.2) is 4.39 Å². The van der Waals surface area contributed by atoms with E-state index in [0.717, 1.165) is 11.3 Å². The van der Waals surface area contributed by atoms with Gasteiger partial charge in [0.15, 0.2) is 5.82 Å². The first-order valence-electron chi connectivity index (χ1n) is 7.43. The molecule has 0 N–H and O–H groups in total. The number of hydrogen-bond donors (Lipinski definition) is 0. The highest BCUT2D eigenvalue weighted by Crippen LogP contribution is 2.17. The zero-order chi connectivity index (χ0) is 18.3. The quantitative estimate of drug-likeness (QED) is 0.409. The van der Waals surface area contributed by atoms with E-state index >= 15 is 0 Å². The number of nitrogens with zero attached hydrogens (tertiary/aromatic N) is 4. The van der Waals surface area contributed by atoms with Gasteiger partial charge in [-0.15, -0.1) is 5.10 Å². The lowest BCUT2D eigenvalue weighted by Gasteiger charge is -1.93. The van der Waals surface area contributed by atoms with Crippen LogP contribution in [0.25, 0.3) is 22.4 Å². The lowest BCUT2D eigenvalue weighted by atomic mass is 10.2. The van der Waals surface area contributed by atoms with Crippen LogP contribution in [0.3, 0.4) is 0 Å². The van der Waals surface area contributed by atoms with Crippen molar-refractivity contribution in [3.63, 3.8) is 0 Å². The minimum absolute atomic E-state index is 0.0516. The first-order valence-corrected chi connectivity index (χ1v) is 8.24. The highest BCUT2D eigenvalue weighted by Gasteiger charge is 2.12. The van der Waals surface area contributed by atoms with Gasteiger partial charge in [0.1, 0.15) is 5.82 Å². The number of thiazole rings is 1. The summed E-state index contributed by atoms with van der Waals surface area (Å²) in [5, 5.41) is 15.0. The van der Waals surface area contributed by atoms with Gasteiger partial charge in [0.05, 0.1) is 9.46 Å². The number of nitro benzene ring substituents is 1. The third-order valence-electron chi connectivity index (χ3n) is 3.66. The topological polar surface area (TPSA) is 90.4 Å². The number of benzene rings is 2. The Morgan fingerprint density at radius 2 is 1.96 bits per heavy atom. The molecule has 0 saturated carbocycles. The van der Waals surface area contributed by atoms with Crippen molar-refractivity contribution in [1.82, 2.24) is 14.6 Å². The molecule has 9 heteroatoms. The molecule has 0 saturated heterocycles. The minimum atomic E-state index is -0.493. The Morgan fingerprint density at radius 1 is 1.19 bits per heavy atom. The Hall–Kier alpha value is -3.46. The third kappa shape index (κ3) is 2.84. The van der Waals surface area contributed by atoms with E-state index in [-0.39, 0.29) is 17.1 Å². The predicted octanol–water partition coefficient (Wildman–Crippen LogP) is 2.41. The van der Waals surface area contributed by atoms with Gasteiger partial charge >= 0.3 is 0 Å². The Morgan fingerprint density at radius 3 is 2.65 bits per heavy atom. The molecule has 2 aromatic carbocycles. The molecule has 4 aromatic rings. The molecule has 7 nitrogen and oxygen atoms in total. The first kappa shape index (κ1) is 16.0. The summed E-state index contributed by atoms with van der Waals surface area (Å²) in [6.45, 7) is 0. The van der Waals surface area contributed by atoms with E-state index in [0.29, 0.717) is 26.4 Å². The molecule has 0 bridgehead atoms. The molecule has 2 aromatic heterocycles. The SMILES string of the molecule is O=c1/c(=C\c2cccc([N+](=O)[O-])c2)sc2nc(-c3ccc(F)cc3)nn12. The van der Waals surface area contributed by atoms with Crippen LogP contribution in [0.2, 0.25) is 0 Å². The van der Waals surface area contributed by atoms with Crippen LogP contribution in [0.1, 0.15) is 5.56 Å². The van der Waals surface area contributed by atoms with Gasteiger partial charge in [-0.1, -0.05) is 23.5 Å². The van der Waals surface area contributed by atoms with Crippen molar-refractivity contribution in [3.8, 4) is 11.4 Å². The summed E-state index contributed by atoms with van der Waals surface area (Å²) < 4.78 is 14.5. The second-order valence-corrected chi connectivity index (χ2v) is 6.41. The van der Waals surface area contributed by atoms with Gasteiger partial charge in [0.25, 0.3) is 11.2 Å². The average molecular weight is 368 g/mol. The number of nitro groups is 1. The van der Waals surface area contributed by atoms with Gasteiger partial charge in [-0.2, -0.15) is 9.50 Å². The van der Waals surface area contributed by atoms with Crippen LogP contribution in [-0.4, -0.2) is 19.5 Å². The molecule has 0 fully saturated rings. The lowest BCUT2D eigenvalue weighted by Crippen LogP contribution is -2.23. The summed E-state index contributed by atoms with van der Waals surface area (Å²) in [5.41, 5.74) is 0.729. The van der Waals surface area contributed by atoms with Crippen molar-refractivity contribution < 1.29 is 9.31 Å². The summed E-state index contributed by atoms with van der Waals surface area (Å²) >= 11 is 1.13. The predicted molar refractivity (Wildman–Crippen MR) is 94.4 cm³/mol. The molecule has 0 radical (unpaired) electrons. The van der Waals surface area contributed by atoms with Crippen LogP contribution in [0.5, 0.6) is 0 Å². The number of aromatic nitrogens is 3. The van der Waals surface area contributed by atoms with Crippen molar-refractivity contribution in [2.75, 3.05) is 0 Å². The Bertz CT molecular complexity index is 1250. The highest BCUT2D eigenvalue weighted by atomic mass is 32.1. The van der Waals surface area contributed by atoms with E-state index in [9.17, 15) is 19.3 Å². The summed E-state index contributed by atoms with van der Waals surface area (Å²) in [6.07, 6.45) is 1.56. The fourth-order valence-corrected chi connectivity index (χ4v) is 3.34. The van der Waals surface area contributed by atoms with Crippen molar-refractivity contribution in [2.24, 2.45) is 0 Å². The molecule has 0 aliphatic rings. The molecular weight excluding hydrogens is 359 g/mol. The Balaban J connectivity index is 1.78. The lowest BCUT2D eigenvalue weighted by molar-refractivity contribution is -0.384. The van der Waals surface area contributed by atoms with Crippen LogP contribution in [0.4, 0.5) is 10.1 Å². The molecule has 26 heavy (non-hydrogen) atoms. The zero-order valence-electron chi connectivity index (χ0n) is 13.0. The van der Waals surface area contributed by atoms with Crippen LogP contribution < -0.4 is 10.1 Å². The van der Waals surface area contributed by atoms with Crippen LogP contribution in [0, 0.1) is 15.9 Å². The Labute approximate surface area is 148 Å². The second-order valence-electron chi connectivity index (χ2n) is 5.40. The standard InChI is InChI=1S/C17H9FN4O3S/c18-12-6-4-11(5-7-12)15-19-17-21(20-15)16(23)14(26-17)9-10-2-1-3-13(8-10)22(24)25/h1-9H/b14-9+. The van der Waals surface area contributed by atoms with Gasteiger partial charge in [0.2, 0.25) is 4.96 Å². The summed E-state index contributed by atoms with van der Waals surface area (Å²) in [7, 11) is 0. The normalized spacial score (nSPS) is 12.0. The van der Waals surface area contributed by atoms with Crippen molar-refractivity contribution in [3.05, 3.63) is 84.9 Å². The maximum Gasteiger partial charge on any atom is 0.291 e. The second kappa shape index (κ2) is 6.12. The molecule has 128 valence electrons. The number of halogens is 1. The van der Waals surface area contributed by atoms with Gasteiger partial charge in [-0.05, 0) is 35.9 Å². The summed E-state index contributed by atoms with van der Waals surface area (Å²) in [5.74, 6) is -0.0385. The average Bonchev–Trinajstić information content (AvgIpc) is 3.16. The summed E-state index contributed by atoms with van der Waals surface area (Å²) in [4.78, 5) is 27.5. The first-order chi connectivity index (χ1) is 12.5. The van der Waals surface area contributed by atoms with E-state index in [1.165, 1.54) is 40.9 Å². The molecule has 0 spiro atoms. The molecule has 0 unspecified atom stereocenters. The van der Waals surface area contributed by atoms with Crippen LogP contribution >= 0.6 is 11.3 Å². The zero-order valence-corrected chi connectivity index (χ0v) is 13.8. The third-order valence-corrected chi connectivity index (χ3v) is 4.62. The van der Waals surface area contributed by atoms with Crippen molar-refractivity contribution in [1.29, 1.82) is 0 Å². The number of rotatable bonds is 3. The monoisotopic (exact) mass is 368 g/mol. The molecule has 2 heterocycles. The Kier molecular flexibility index (Phi) is 3.77. The smallest absolute Gasteiger partial charge is 0.266 e. The van der Waals surface area contributed by atoms with Gasteiger partial charge in [0, 0.05) is 17.7 Å². The number of hydrogen-bond acceptors (Lipinski definition) is 6. The maximum absolute atomic E-state index is 13.0. The maximum atomic E-state index is 13.0. The molecule has 0 atom stereocenters. The molecule has 0 aliphatic heterocycles. The van der Waals surface area contributed by atoms with Crippen molar-refractivity contribution >= 4 is 28.1 Å². The van der Waals surface area contributed by atoms with E-state index in [4.69, 9.17) is 0 Å². The molecule has 0 amide bonds. The highest BCUT2D eigenvalue weighted by molar-refractivity contribution is 7.15. The van der Waals surface area contributed by atoms with E-state index in [1.807, 2.05) is 0 Å². The van der Waals surface area contributed by atoms with Crippen LogP contribution in [0.15, 0.2) is 53.3 Å². The van der Waals surface area contributed by atoms with Gasteiger partial charge < -0.3 is 0 Å². The van der Waals surface area contributed by atoms with E-state index < -0.39 is 4.92 Å². The summed E-state index contributed by atoms with van der Waals surface area (Å²) in [6, 6.07) is 11.7. The minimum Gasteiger partial charge on any atom is -0.266 e. The van der Waals surface area contributed by atoms with Crippen LogP contribution in [-0.2, 0) is 0 Å². The fraction of sp³-hybridized carbons (Fsp3) is 0. The number of non-ortho nitro benzene ring substituents is 1. The molecule has 4 rings (SSSR count). The fourth-order valence-electron chi connectivity index (χ4n) is 2.43. The van der Waals surface area contributed by atoms with E-state index in [1.54, 1.807) is 18.2 Å². The molecular formula is C17H9FN4O3S. The molecule has 0 aliphatic carbocycles. The largest absolute Gasteiger partial charge is 0.291 e. The van der Waals surface area contributed by atoms with Gasteiger partial charge in [-0.3, -0.25) is 14.9 Å². The van der Waals surface area contributed by atoms with Crippen molar-refractivity contribution in [2.45, 2.75) is 0 Å². The number of fused-ring (bicyclic) bond motifs is 1. The van der Waals surface area contributed by atoms with E-state index in [2.05, 4.69) is 10.1 Å².